The van der Waals surface area contributed by atoms with Crippen LogP contribution >= 0.6 is 0 Å². The van der Waals surface area contributed by atoms with Gasteiger partial charge in [-0.15, -0.1) is 0 Å². The molecule has 50 heavy (non-hydrogen) atoms. The van der Waals surface area contributed by atoms with E-state index in [1.807, 2.05) is 6.07 Å². The Morgan fingerprint density at radius 1 is 0.520 bits per heavy atom. The lowest BCUT2D eigenvalue weighted by molar-refractivity contribution is -0.138. The zero-order chi connectivity index (χ0) is 34.9. The summed E-state index contributed by atoms with van der Waals surface area (Å²) in [6, 6.07) is 32.6. The molecular formula is C40H20F6N4. The van der Waals surface area contributed by atoms with Crippen LogP contribution < -0.4 is 0 Å². The lowest BCUT2D eigenvalue weighted by Gasteiger charge is -2.20. The Morgan fingerprint density at radius 2 is 0.980 bits per heavy atom. The fourth-order valence-corrected chi connectivity index (χ4v) is 6.86. The Balaban J connectivity index is 1.44. The highest BCUT2D eigenvalue weighted by atomic mass is 19.4. The van der Waals surface area contributed by atoms with Crippen molar-refractivity contribution >= 4 is 49.3 Å². The molecule has 0 N–H and O–H groups in total. The van der Waals surface area contributed by atoms with Gasteiger partial charge in [0.05, 0.1) is 57.3 Å². The summed E-state index contributed by atoms with van der Waals surface area (Å²) in [4.78, 5) is 3.48. The second kappa shape index (κ2) is 11.0. The predicted octanol–water partition coefficient (Wildman–Crippen LogP) is 12.0. The predicted molar refractivity (Wildman–Crippen MR) is 182 cm³/mol. The molecule has 0 fully saturated rings. The average molecular weight is 671 g/mol. The molecule has 0 radical (unpaired) electrons. The van der Waals surface area contributed by atoms with E-state index >= 15 is 0 Å². The molecule has 2 aromatic heterocycles. The van der Waals surface area contributed by atoms with Crippen LogP contribution in [0.5, 0.6) is 0 Å². The molecule has 0 amide bonds. The van der Waals surface area contributed by atoms with Gasteiger partial charge >= 0.3 is 12.4 Å². The SMILES string of the molecule is [C-]#[N+]c1ccc2c3ccccc3n(-c3cc(-c4ccc(C(F)(F)F)c(-n5c6ccccc6c6ccc(C#N)cc65)c4)ccc3C(F)(F)F)c2c1. The van der Waals surface area contributed by atoms with E-state index in [4.69, 9.17) is 6.57 Å². The maximum absolute atomic E-state index is 14.7. The summed E-state index contributed by atoms with van der Waals surface area (Å²) in [5.74, 6) is 0. The molecule has 0 unspecified atom stereocenters. The molecule has 8 rings (SSSR count). The van der Waals surface area contributed by atoms with Crippen LogP contribution in [0.4, 0.5) is 32.0 Å². The van der Waals surface area contributed by atoms with Gasteiger partial charge in [-0.3, -0.25) is 0 Å². The van der Waals surface area contributed by atoms with Gasteiger partial charge in [-0.25, -0.2) is 4.85 Å². The monoisotopic (exact) mass is 670 g/mol. The number of hydrogen-bond acceptors (Lipinski definition) is 1. The highest BCUT2D eigenvalue weighted by molar-refractivity contribution is 6.11. The maximum Gasteiger partial charge on any atom is 0.418 e. The van der Waals surface area contributed by atoms with Gasteiger partial charge in [0.15, 0.2) is 5.69 Å². The normalized spacial score (nSPS) is 12.2. The largest absolute Gasteiger partial charge is 0.418 e. The molecule has 0 bridgehead atoms. The van der Waals surface area contributed by atoms with E-state index in [2.05, 4.69) is 4.85 Å². The molecule has 0 spiro atoms. The van der Waals surface area contributed by atoms with E-state index in [1.54, 1.807) is 72.8 Å². The fraction of sp³-hybridized carbons (Fsp3) is 0.0500. The third-order valence-corrected chi connectivity index (χ3v) is 9.01. The second-order valence-electron chi connectivity index (χ2n) is 11.8. The molecule has 0 saturated heterocycles. The van der Waals surface area contributed by atoms with Crippen molar-refractivity contribution in [3.05, 3.63) is 149 Å². The van der Waals surface area contributed by atoms with Gasteiger partial charge in [0, 0.05) is 27.1 Å². The quantitative estimate of drug-likeness (QED) is 0.136. The van der Waals surface area contributed by atoms with E-state index in [0.717, 1.165) is 12.1 Å². The molecule has 0 saturated carbocycles. The summed E-state index contributed by atoms with van der Waals surface area (Å²) in [6.45, 7) is 7.52. The number of para-hydroxylation sites is 2. The first kappa shape index (κ1) is 30.8. The highest BCUT2D eigenvalue weighted by Gasteiger charge is 2.37. The highest BCUT2D eigenvalue weighted by Crippen LogP contribution is 2.44. The number of nitriles is 1. The molecule has 242 valence electrons. The summed E-state index contributed by atoms with van der Waals surface area (Å²) >= 11 is 0. The number of alkyl halides is 6. The Hall–Kier alpha value is -6.52. The molecule has 0 atom stereocenters. The smallest absolute Gasteiger partial charge is 0.310 e. The minimum atomic E-state index is -4.78. The number of rotatable bonds is 3. The second-order valence-corrected chi connectivity index (χ2v) is 11.8. The number of halogens is 6. The zero-order valence-corrected chi connectivity index (χ0v) is 25.6. The van der Waals surface area contributed by atoms with Crippen molar-refractivity contribution in [3.8, 4) is 28.6 Å². The van der Waals surface area contributed by atoms with Crippen molar-refractivity contribution in [2.24, 2.45) is 0 Å². The number of benzene rings is 6. The van der Waals surface area contributed by atoms with Crippen LogP contribution in [0.1, 0.15) is 16.7 Å². The third-order valence-electron chi connectivity index (χ3n) is 9.01. The molecule has 0 aliphatic heterocycles. The Labute approximate surface area is 280 Å². The first-order valence-corrected chi connectivity index (χ1v) is 15.3. The van der Waals surface area contributed by atoms with Crippen LogP contribution in [-0.2, 0) is 12.4 Å². The topological polar surface area (TPSA) is 38.0 Å². The molecule has 6 aromatic carbocycles. The first-order valence-electron chi connectivity index (χ1n) is 15.3. The lowest BCUT2D eigenvalue weighted by Crippen LogP contribution is -2.12. The van der Waals surface area contributed by atoms with E-state index in [9.17, 15) is 31.6 Å². The maximum atomic E-state index is 14.7. The number of nitrogens with zero attached hydrogens (tertiary/aromatic N) is 4. The van der Waals surface area contributed by atoms with Gasteiger partial charge in [-0.1, -0.05) is 66.7 Å². The van der Waals surface area contributed by atoms with Crippen molar-refractivity contribution in [1.82, 2.24) is 9.13 Å². The third kappa shape index (κ3) is 4.76. The summed E-state index contributed by atoms with van der Waals surface area (Å²) in [5, 5.41) is 12.3. The molecular weight excluding hydrogens is 650 g/mol. The Bertz CT molecular complexity index is 2580. The van der Waals surface area contributed by atoms with Gasteiger partial charge < -0.3 is 9.13 Å². The molecule has 2 heterocycles. The van der Waals surface area contributed by atoms with Crippen molar-refractivity contribution in [1.29, 1.82) is 5.26 Å². The number of fused-ring (bicyclic) bond motifs is 6. The summed E-state index contributed by atoms with van der Waals surface area (Å²) < 4.78 is 91.1. The molecule has 0 aliphatic carbocycles. The van der Waals surface area contributed by atoms with Crippen LogP contribution in [0.15, 0.2) is 121 Å². The van der Waals surface area contributed by atoms with Gasteiger partial charge in [0.25, 0.3) is 0 Å². The summed E-state index contributed by atoms with van der Waals surface area (Å²) in [5.41, 5.74) is 0.307. The van der Waals surface area contributed by atoms with E-state index in [0.29, 0.717) is 43.6 Å². The molecule has 8 aromatic rings. The average Bonchev–Trinajstić information content (AvgIpc) is 3.62. The van der Waals surface area contributed by atoms with Crippen molar-refractivity contribution in [3.63, 3.8) is 0 Å². The minimum absolute atomic E-state index is 0.236. The molecule has 4 nitrogen and oxygen atoms in total. The van der Waals surface area contributed by atoms with Crippen molar-refractivity contribution in [2.45, 2.75) is 12.4 Å². The number of hydrogen-bond donors (Lipinski definition) is 0. The van der Waals surface area contributed by atoms with E-state index in [1.165, 1.54) is 45.5 Å². The van der Waals surface area contributed by atoms with Gasteiger partial charge in [0.2, 0.25) is 0 Å². The Kier molecular flexibility index (Phi) is 6.78. The number of aromatic nitrogens is 2. The van der Waals surface area contributed by atoms with E-state index < -0.39 is 23.5 Å². The van der Waals surface area contributed by atoms with Crippen LogP contribution in [-0.4, -0.2) is 9.13 Å². The van der Waals surface area contributed by atoms with Crippen LogP contribution in [0.2, 0.25) is 0 Å². The van der Waals surface area contributed by atoms with E-state index in [-0.39, 0.29) is 33.8 Å². The van der Waals surface area contributed by atoms with Gasteiger partial charge in [-0.05, 0) is 65.7 Å². The standard InChI is InChI=1S/C40H20F6N4/c1-48-26-13-15-30-28-7-3-5-9-34(28)50(36(30)21-26)38-20-25(12-17-32(38)40(44,45)46)24-11-16-31(39(41,42)43)37(19-24)49-33-8-4-2-6-27(33)29-14-10-23(22-47)18-35(29)49/h2-21H. The lowest BCUT2D eigenvalue weighted by atomic mass is 9.99. The summed E-state index contributed by atoms with van der Waals surface area (Å²) in [7, 11) is 0. The first-order chi connectivity index (χ1) is 24.0. The van der Waals surface area contributed by atoms with Crippen molar-refractivity contribution < 1.29 is 26.3 Å². The van der Waals surface area contributed by atoms with Crippen LogP contribution in [0, 0.1) is 17.9 Å². The van der Waals surface area contributed by atoms with Gasteiger partial charge in [0.1, 0.15) is 0 Å². The molecule has 10 heteroatoms. The molecule has 0 aliphatic rings. The minimum Gasteiger partial charge on any atom is -0.310 e. The van der Waals surface area contributed by atoms with Crippen molar-refractivity contribution in [2.75, 3.05) is 0 Å². The van der Waals surface area contributed by atoms with Gasteiger partial charge in [-0.2, -0.15) is 31.6 Å². The zero-order valence-electron chi connectivity index (χ0n) is 25.6. The summed E-state index contributed by atoms with van der Waals surface area (Å²) in [6.07, 6.45) is -9.57. The Morgan fingerprint density at radius 3 is 1.46 bits per heavy atom. The van der Waals surface area contributed by atoms with Crippen LogP contribution in [0.3, 0.4) is 0 Å². The van der Waals surface area contributed by atoms with Crippen LogP contribution in [0.25, 0.3) is 71.0 Å². The fourth-order valence-electron chi connectivity index (χ4n) is 6.86.